The quantitative estimate of drug-likeness (QED) is 0.851. The van der Waals surface area contributed by atoms with Gasteiger partial charge in [-0.25, -0.2) is 0 Å². The second kappa shape index (κ2) is 6.17. The fraction of sp³-hybridized carbons (Fsp3) is 0.357. The molecule has 0 atom stereocenters. The second-order valence-corrected chi connectivity index (χ2v) is 4.98. The largest absolute Gasteiger partial charge is 0.508 e. The molecule has 21 heavy (non-hydrogen) atoms. The third-order valence-corrected chi connectivity index (χ3v) is 2.58. The number of halogens is 3. The number of rotatable bonds is 1. The van der Waals surface area contributed by atoms with E-state index in [1.54, 1.807) is 38.1 Å². The van der Waals surface area contributed by atoms with Crippen LogP contribution in [0, 0.1) is 0 Å². The molecule has 0 spiro atoms. The zero-order chi connectivity index (χ0) is 16.3. The van der Waals surface area contributed by atoms with E-state index in [9.17, 15) is 18.3 Å². The van der Waals surface area contributed by atoms with Crippen molar-refractivity contribution in [1.82, 2.24) is 9.78 Å². The Morgan fingerprint density at radius 2 is 1.57 bits per heavy atom. The number of phenolic OH excluding ortho intramolecular Hbond substituents is 1. The monoisotopic (exact) mass is 302 g/mol. The topological polar surface area (TPSA) is 58.3 Å². The van der Waals surface area contributed by atoms with Gasteiger partial charge in [0.1, 0.15) is 5.75 Å². The van der Waals surface area contributed by atoms with Crippen molar-refractivity contribution in [2.24, 2.45) is 7.05 Å². The van der Waals surface area contributed by atoms with E-state index in [-0.39, 0.29) is 5.75 Å². The van der Waals surface area contributed by atoms with Crippen LogP contribution in [0.1, 0.15) is 25.1 Å². The molecule has 2 aromatic rings. The van der Waals surface area contributed by atoms with Gasteiger partial charge in [0.2, 0.25) is 0 Å². The molecular formula is C14H17F3N2O2. The Kier molecular flexibility index (Phi) is 5.01. The summed E-state index contributed by atoms with van der Waals surface area (Å²) >= 11 is 0. The Hall–Kier alpha value is -2.02. The number of hydrogen-bond donors (Lipinski definition) is 2. The van der Waals surface area contributed by atoms with E-state index >= 15 is 0 Å². The molecule has 0 aliphatic heterocycles. The number of nitrogens with zero attached hydrogens (tertiary/aromatic N) is 2. The highest BCUT2D eigenvalue weighted by molar-refractivity contribution is 5.28. The third kappa shape index (κ3) is 5.47. The van der Waals surface area contributed by atoms with Crippen LogP contribution in [0.15, 0.2) is 36.5 Å². The maximum Gasteiger partial charge on any atom is 0.435 e. The minimum atomic E-state index is -4.32. The van der Waals surface area contributed by atoms with Crippen molar-refractivity contribution in [2.45, 2.75) is 25.6 Å². The first-order chi connectivity index (χ1) is 9.50. The molecule has 0 fully saturated rings. The van der Waals surface area contributed by atoms with E-state index in [0.717, 1.165) is 16.3 Å². The van der Waals surface area contributed by atoms with Gasteiger partial charge in [-0.15, -0.1) is 0 Å². The summed E-state index contributed by atoms with van der Waals surface area (Å²) in [4.78, 5) is 0. The van der Waals surface area contributed by atoms with Crippen molar-refractivity contribution in [3.8, 4) is 5.75 Å². The van der Waals surface area contributed by atoms with Crippen LogP contribution in [-0.4, -0.2) is 20.0 Å². The summed E-state index contributed by atoms with van der Waals surface area (Å²) in [5.74, 6) is 0.220. The van der Waals surface area contributed by atoms with Gasteiger partial charge in [0.25, 0.3) is 0 Å². The first-order valence-corrected chi connectivity index (χ1v) is 6.09. The van der Waals surface area contributed by atoms with E-state index in [1.807, 2.05) is 0 Å². The standard InChI is InChI=1S/C9H12O2.C5H5F3N2/c1-9(2,11)7-3-5-8(10)6-4-7;1-10-3-2-4(9-10)5(6,7)8/h3-6,10-11H,1-2H3;2-3H,1H3. The molecule has 0 amide bonds. The van der Waals surface area contributed by atoms with Crippen LogP contribution >= 0.6 is 0 Å². The second-order valence-electron chi connectivity index (χ2n) is 4.98. The molecule has 0 unspecified atom stereocenters. The van der Waals surface area contributed by atoms with Crippen molar-refractivity contribution in [2.75, 3.05) is 0 Å². The summed E-state index contributed by atoms with van der Waals surface area (Å²) < 4.78 is 36.3. The first kappa shape index (κ1) is 17.0. The van der Waals surface area contributed by atoms with Gasteiger partial charge in [-0.3, -0.25) is 4.68 Å². The predicted molar refractivity (Wildman–Crippen MR) is 71.6 cm³/mol. The molecule has 1 aromatic heterocycles. The molecule has 116 valence electrons. The van der Waals surface area contributed by atoms with E-state index in [1.165, 1.54) is 13.2 Å². The minimum absolute atomic E-state index is 0.220. The third-order valence-electron chi connectivity index (χ3n) is 2.58. The summed E-state index contributed by atoms with van der Waals surface area (Å²) in [5.41, 5.74) is -0.876. The highest BCUT2D eigenvalue weighted by atomic mass is 19.4. The summed E-state index contributed by atoms with van der Waals surface area (Å²) in [6, 6.07) is 7.46. The lowest BCUT2D eigenvalue weighted by Crippen LogP contribution is -2.14. The maximum absolute atomic E-state index is 11.7. The average molecular weight is 302 g/mol. The van der Waals surface area contributed by atoms with Gasteiger partial charge in [0.05, 0.1) is 5.60 Å². The SMILES string of the molecule is CC(C)(O)c1ccc(O)cc1.Cn1ccc(C(F)(F)F)n1. The maximum atomic E-state index is 11.7. The fourth-order valence-electron chi connectivity index (χ4n) is 1.44. The van der Waals surface area contributed by atoms with Crippen LogP contribution in [0.2, 0.25) is 0 Å². The van der Waals surface area contributed by atoms with E-state index in [2.05, 4.69) is 5.10 Å². The number of benzene rings is 1. The van der Waals surface area contributed by atoms with Crippen LogP contribution in [0.3, 0.4) is 0 Å². The lowest BCUT2D eigenvalue weighted by Gasteiger charge is -2.17. The Morgan fingerprint density at radius 1 is 1.05 bits per heavy atom. The zero-order valence-corrected chi connectivity index (χ0v) is 11.9. The van der Waals surface area contributed by atoms with E-state index < -0.39 is 17.5 Å². The van der Waals surface area contributed by atoms with Gasteiger partial charge >= 0.3 is 6.18 Å². The number of alkyl halides is 3. The predicted octanol–water partition coefficient (Wildman–Crippen LogP) is 3.06. The van der Waals surface area contributed by atoms with Crippen LogP contribution in [0.4, 0.5) is 13.2 Å². The van der Waals surface area contributed by atoms with Crippen LogP contribution in [0.25, 0.3) is 0 Å². The summed E-state index contributed by atoms with van der Waals surface area (Å²) in [6.07, 6.45) is -3.07. The van der Waals surface area contributed by atoms with Crippen molar-refractivity contribution < 1.29 is 23.4 Å². The fourth-order valence-corrected chi connectivity index (χ4v) is 1.44. The van der Waals surface area contributed by atoms with Crippen LogP contribution in [-0.2, 0) is 18.8 Å². The molecule has 2 rings (SSSR count). The van der Waals surface area contributed by atoms with Gasteiger partial charge in [-0.1, -0.05) is 12.1 Å². The Labute approximate surface area is 120 Å². The molecule has 0 aliphatic carbocycles. The molecule has 2 N–H and O–H groups in total. The Bertz CT molecular complexity index is 569. The van der Waals surface area contributed by atoms with Crippen molar-refractivity contribution >= 4 is 0 Å². The van der Waals surface area contributed by atoms with Crippen molar-refractivity contribution in [3.05, 3.63) is 47.8 Å². The zero-order valence-electron chi connectivity index (χ0n) is 11.9. The molecule has 4 nitrogen and oxygen atoms in total. The smallest absolute Gasteiger partial charge is 0.435 e. The lowest BCUT2D eigenvalue weighted by atomic mass is 9.99. The molecule has 1 heterocycles. The molecule has 0 bridgehead atoms. The Balaban J connectivity index is 0.000000211. The van der Waals surface area contributed by atoms with Crippen LogP contribution < -0.4 is 0 Å². The molecule has 0 aliphatic rings. The molecule has 0 saturated heterocycles. The number of phenols is 1. The van der Waals surface area contributed by atoms with Crippen molar-refractivity contribution in [1.29, 1.82) is 0 Å². The minimum Gasteiger partial charge on any atom is -0.508 e. The van der Waals surface area contributed by atoms with Crippen molar-refractivity contribution in [3.63, 3.8) is 0 Å². The summed E-state index contributed by atoms with van der Waals surface area (Å²) in [7, 11) is 1.44. The van der Waals surface area contributed by atoms with Gasteiger partial charge in [-0.05, 0) is 37.6 Å². The number of hydrogen-bond acceptors (Lipinski definition) is 3. The summed E-state index contributed by atoms with van der Waals surface area (Å²) in [6.45, 7) is 3.42. The molecule has 0 radical (unpaired) electrons. The van der Waals surface area contributed by atoms with Gasteiger partial charge in [-0.2, -0.15) is 18.3 Å². The molecule has 1 aromatic carbocycles. The summed E-state index contributed by atoms with van der Waals surface area (Å²) in [5, 5.41) is 21.6. The highest BCUT2D eigenvalue weighted by Crippen LogP contribution is 2.26. The number of aliphatic hydroxyl groups is 1. The molecule has 0 saturated carbocycles. The molecule has 7 heteroatoms. The Morgan fingerprint density at radius 3 is 1.86 bits per heavy atom. The van der Waals surface area contributed by atoms with Gasteiger partial charge < -0.3 is 10.2 Å². The number of aromatic nitrogens is 2. The molecular weight excluding hydrogens is 285 g/mol. The van der Waals surface area contributed by atoms with Gasteiger partial charge in [0.15, 0.2) is 5.69 Å². The normalized spacial score (nSPS) is 11.8. The van der Waals surface area contributed by atoms with Gasteiger partial charge in [0, 0.05) is 13.2 Å². The lowest BCUT2D eigenvalue weighted by molar-refractivity contribution is -0.141. The number of aryl methyl sites for hydroxylation is 1. The first-order valence-electron chi connectivity index (χ1n) is 6.09. The van der Waals surface area contributed by atoms with E-state index in [4.69, 9.17) is 5.11 Å². The van der Waals surface area contributed by atoms with Crippen LogP contribution in [0.5, 0.6) is 5.75 Å². The number of aromatic hydroxyl groups is 1. The highest BCUT2D eigenvalue weighted by Gasteiger charge is 2.33. The van der Waals surface area contributed by atoms with E-state index in [0.29, 0.717) is 0 Å². The average Bonchev–Trinajstić information content (AvgIpc) is 2.76.